The number of rotatable bonds is 4. The van der Waals surface area contributed by atoms with Gasteiger partial charge in [0.1, 0.15) is 0 Å². The molecule has 24 heavy (non-hydrogen) atoms. The Morgan fingerprint density at radius 3 is 2.33 bits per heavy atom. The molecule has 1 aromatic carbocycles. The van der Waals surface area contributed by atoms with Crippen LogP contribution in [0.25, 0.3) is 0 Å². The molecule has 8 heteroatoms. The van der Waals surface area contributed by atoms with Crippen LogP contribution in [0.4, 0.5) is 16.2 Å². The molecule has 0 spiro atoms. The van der Waals surface area contributed by atoms with Crippen LogP contribution in [-0.2, 0) is 4.79 Å². The number of carboxylic acids is 1. The minimum Gasteiger partial charge on any atom is -0.481 e. The van der Waals surface area contributed by atoms with Crippen molar-refractivity contribution in [2.75, 3.05) is 5.32 Å². The van der Waals surface area contributed by atoms with E-state index in [1.807, 2.05) is 0 Å². The van der Waals surface area contributed by atoms with Gasteiger partial charge in [-0.1, -0.05) is 0 Å². The second-order valence-corrected chi connectivity index (χ2v) is 6.20. The molecule has 2 rings (SSSR count). The first-order valence-electron chi connectivity index (χ1n) is 7.84. The number of hydrogen-bond acceptors (Lipinski definition) is 4. The van der Waals surface area contributed by atoms with Crippen molar-refractivity contribution in [1.82, 2.24) is 5.32 Å². The summed E-state index contributed by atoms with van der Waals surface area (Å²) < 4.78 is 0. The van der Waals surface area contributed by atoms with E-state index in [0.29, 0.717) is 42.5 Å². The van der Waals surface area contributed by atoms with Gasteiger partial charge in [-0.15, -0.1) is 0 Å². The van der Waals surface area contributed by atoms with Crippen molar-refractivity contribution >= 4 is 23.4 Å². The predicted molar refractivity (Wildman–Crippen MR) is 88.1 cm³/mol. The summed E-state index contributed by atoms with van der Waals surface area (Å²) in [4.78, 5) is 33.5. The molecule has 0 heterocycles. The highest BCUT2D eigenvalue weighted by molar-refractivity contribution is 5.90. The number of nitro benzene ring substituents is 1. The summed E-state index contributed by atoms with van der Waals surface area (Å²) in [5.41, 5.74) is 1.63. The second-order valence-electron chi connectivity index (χ2n) is 6.20. The Morgan fingerprint density at radius 1 is 1.17 bits per heavy atom. The quantitative estimate of drug-likeness (QED) is 0.577. The average molecular weight is 335 g/mol. The van der Waals surface area contributed by atoms with E-state index in [1.165, 1.54) is 6.07 Å². The SMILES string of the molecule is Cc1cc([N+](=O)[O-])c(C)cc1NC(=O)NC1CCC(C(=O)O)CC1. The second kappa shape index (κ2) is 7.29. The first-order chi connectivity index (χ1) is 11.3. The minimum absolute atomic E-state index is 0.0189. The Bertz CT molecular complexity index is 666. The van der Waals surface area contributed by atoms with Gasteiger partial charge >= 0.3 is 12.0 Å². The summed E-state index contributed by atoms with van der Waals surface area (Å²) in [5, 5.41) is 25.4. The molecular formula is C16H21N3O5. The standard InChI is InChI=1S/C16H21N3O5/c1-9-8-14(19(23)24)10(2)7-13(9)18-16(22)17-12-5-3-11(4-6-12)15(20)21/h7-8,11-12H,3-6H2,1-2H3,(H,20,21)(H2,17,18,22). The Hall–Kier alpha value is -2.64. The lowest BCUT2D eigenvalue weighted by Gasteiger charge is -2.27. The molecule has 0 saturated heterocycles. The van der Waals surface area contributed by atoms with Crippen molar-refractivity contribution < 1.29 is 19.6 Å². The van der Waals surface area contributed by atoms with Gasteiger partial charge < -0.3 is 15.7 Å². The average Bonchev–Trinajstić information content (AvgIpc) is 2.50. The third kappa shape index (κ3) is 4.21. The summed E-state index contributed by atoms with van der Waals surface area (Å²) in [7, 11) is 0. The number of hydrogen-bond donors (Lipinski definition) is 3. The van der Waals surface area contributed by atoms with Crippen LogP contribution in [-0.4, -0.2) is 28.1 Å². The van der Waals surface area contributed by atoms with Gasteiger partial charge in [0.2, 0.25) is 0 Å². The maximum atomic E-state index is 12.1. The number of carboxylic acid groups (broad SMARTS) is 1. The Balaban J connectivity index is 1.95. The molecule has 0 bridgehead atoms. The van der Waals surface area contributed by atoms with Crippen LogP contribution in [0.1, 0.15) is 36.8 Å². The molecule has 1 aromatic rings. The van der Waals surface area contributed by atoms with Gasteiger partial charge in [0, 0.05) is 23.4 Å². The van der Waals surface area contributed by atoms with Gasteiger partial charge in [0.25, 0.3) is 5.69 Å². The number of anilines is 1. The lowest BCUT2D eigenvalue weighted by Crippen LogP contribution is -2.41. The number of nitrogens with one attached hydrogen (secondary N) is 2. The Labute approximate surface area is 139 Å². The molecule has 0 atom stereocenters. The van der Waals surface area contributed by atoms with Crippen molar-refractivity contribution in [2.24, 2.45) is 5.92 Å². The summed E-state index contributed by atoms with van der Waals surface area (Å²) in [6.07, 6.45) is 2.36. The zero-order valence-corrected chi connectivity index (χ0v) is 13.7. The van der Waals surface area contributed by atoms with Crippen LogP contribution in [0, 0.1) is 29.9 Å². The van der Waals surface area contributed by atoms with Gasteiger partial charge in [-0.25, -0.2) is 4.79 Å². The van der Waals surface area contributed by atoms with E-state index in [9.17, 15) is 19.7 Å². The zero-order chi connectivity index (χ0) is 17.9. The molecule has 1 aliphatic rings. The molecule has 2 amide bonds. The van der Waals surface area contributed by atoms with E-state index in [4.69, 9.17) is 5.11 Å². The predicted octanol–water partition coefficient (Wildman–Crippen LogP) is 2.98. The highest BCUT2D eigenvalue weighted by atomic mass is 16.6. The fraction of sp³-hybridized carbons (Fsp3) is 0.500. The number of benzene rings is 1. The smallest absolute Gasteiger partial charge is 0.319 e. The van der Waals surface area contributed by atoms with E-state index in [0.717, 1.165) is 0 Å². The molecule has 1 saturated carbocycles. The van der Waals surface area contributed by atoms with Gasteiger partial charge in [-0.05, 0) is 51.2 Å². The first-order valence-corrected chi connectivity index (χ1v) is 7.84. The summed E-state index contributed by atoms with van der Waals surface area (Å²) in [6.45, 7) is 3.31. The number of carbonyl (C=O) groups excluding carboxylic acids is 1. The lowest BCUT2D eigenvalue weighted by atomic mass is 9.86. The molecule has 0 radical (unpaired) electrons. The largest absolute Gasteiger partial charge is 0.481 e. The third-order valence-electron chi connectivity index (χ3n) is 4.40. The number of aliphatic carboxylic acids is 1. The van der Waals surface area contributed by atoms with Gasteiger partial charge in [0.05, 0.1) is 10.8 Å². The summed E-state index contributed by atoms with van der Waals surface area (Å²) in [5.74, 6) is -1.11. The maximum Gasteiger partial charge on any atom is 0.319 e. The van der Waals surface area contributed by atoms with E-state index < -0.39 is 10.9 Å². The van der Waals surface area contributed by atoms with Crippen LogP contribution < -0.4 is 10.6 Å². The van der Waals surface area contributed by atoms with Crippen LogP contribution >= 0.6 is 0 Å². The minimum atomic E-state index is -0.783. The van der Waals surface area contributed by atoms with Crippen molar-refractivity contribution in [3.63, 3.8) is 0 Å². The number of urea groups is 1. The fourth-order valence-corrected chi connectivity index (χ4v) is 2.96. The summed E-state index contributed by atoms with van der Waals surface area (Å²) >= 11 is 0. The van der Waals surface area contributed by atoms with Crippen LogP contribution in [0.5, 0.6) is 0 Å². The number of amides is 2. The zero-order valence-electron chi connectivity index (χ0n) is 13.7. The van der Waals surface area contributed by atoms with Crippen LogP contribution in [0.3, 0.4) is 0 Å². The molecule has 1 aliphatic carbocycles. The first kappa shape index (κ1) is 17.7. The number of nitro groups is 1. The normalized spacial score (nSPS) is 20.2. The molecule has 3 N–H and O–H groups in total. The van der Waals surface area contributed by atoms with E-state index in [1.54, 1.807) is 19.9 Å². The fourth-order valence-electron chi connectivity index (χ4n) is 2.96. The van der Waals surface area contributed by atoms with E-state index in [-0.39, 0.29) is 23.7 Å². The van der Waals surface area contributed by atoms with Crippen LogP contribution in [0.15, 0.2) is 12.1 Å². The van der Waals surface area contributed by atoms with Crippen molar-refractivity contribution in [3.05, 3.63) is 33.4 Å². The molecule has 130 valence electrons. The number of aryl methyl sites for hydroxylation is 2. The maximum absolute atomic E-state index is 12.1. The van der Waals surface area contributed by atoms with Crippen molar-refractivity contribution in [2.45, 2.75) is 45.6 Å². The lowest BCUT2D eigenvalue weighted by molar-refractivity contribution is -0.385. The van der Waals surface area contributed by atoms with Gasteiger partial charge in [-0.3, -0.25) is 14.9 Å². The monoisotopic (exact) mass is 335 g/mol. The van der Waals surface area contributed by atoms with Crippen molar-refractivity contribution in [1.29, 1.82) is 0 Å². The number of carbonyl (C=O) groups is 2. The highest BCUT2D eigenvalue weighted by Gasteiger charge is 2.26. The topological polar surface area (TPSA) is 122 Å². The highest BCUT2D eigenvalue weighted by Crippen LogP contribution is 2.27. The molecule has 0 aliphatic heterocycles. The Morgan fingerprint density at radius 2 is 1.79 bits per heavy atom. The van der Waals surface area contributed by atoms with Gasteiger partial charge in [-0.2, -0.15) is 0 Å². The van der Waals surface area contributed by atoms with Crippen LogP contribution in [0.2, 0.25) is 0 Å². The van der Waals surface area contributed by atoms with E-state index >= 15 is 0 Å². The molecule has 8 nitrogen and oxygen atoms in total. The van der Waals surface area contributed by atoms with Crippen molar-refractivity contribution in [3.8, 4) is 0 Å². The van der Waals surface area contributed by atoms with E-state index in [2.05, 4.69) is 10.6 Å². The molecule has 0 aromatic heterocycles. The third-order valence-corrected chi connectivity index (χ3v) is 4.40. The summed E-state index contributed by atoms with van der Waals surface area (Å²) in [6, 6.07) is 2.57. The molecule has 1 fully saturated rings. The molecule has 0 unspecified atom stereocenters. The van der Waals surface area contributed by atoms with Gasteiger partial charge in [0.15, 0.2) is 0 Å². The number of nitrogens with zero attached hydrogens (tertiary/aromatic N) is 1. The molecular weight excluding hydrogens is 314 g/mol. The Kier molecular flexibility index (Phi) is 5.38.